The lowest BCUT2D eigenvalue weighted by Gasteiger charge is -2.02. The second-order valence-electron chi connectivity index (χ2n) is 7.29. The number of carbonyl (C=O) groups is 1. The number of rotatable bonds is 14. The summed E-state index contributed by atoms with van der Waals surface area (Å²) >= 11 is 0. The maximum absolute atomic E-state index is 10.8. The first-order chi connectivity index (χ1) is 12.8. The molecule has 1 aliphatic heterocycles. The minimum atomic E-state index is 0.329. The van der Waals surface area contributed by atoms with Gasteiger partial charge in [0.2, 0.25) is 6.79 Å². The van der Waals surface area contributed by atoms with Crippen LogP contribution < -0.4 is 9.47 Å². The Labute approximate surface area is 158 Å². The number of ether oxygens (including phenoxy) is 2. The number of hydrogen-bond donors (Lipinski definition) is 0. The monoisotopic (exact) mass is 358 g/mol. The number of benzene rings is 1. The molecule has 1 heterocycles. The van der Waals surface area contributed by atoms with Crippen LogP contribution in [-0.2, 0) is 4.79 Å². The molecule has 0 aliphatic carbocycles. The van der Waals surface area contributed by atoms with E-state index in [0.29, 0.717) is 12.6 Å². The molecule has 2 rings (SSSR count). The molecule has 1 aliphatic rings. The third-order valence-corrected chi connectivity index (χ3v) is 4.86. The maximum Gasteiger partial charge on any atom is 0.231 e. The zero-order valence-electron chi connectivity index (χ0n) is 16.3. The normalized spacial score (nSPS) is 12.8. The minimum absolute atomic E-state index is 0.329. The molecular formula is C23H34O3. The van der Waals surface area contributed by atoms with Crippen molar-refractivity contribution < 1.29 is 14.3 Å². The summed E-state index contributed by atoms with van der Waals surface area (Å²) in [5.74, 6) is 2.03. The lowest BCUT2D eigenvalue weighted by atomic mass is 10.0. The topological polar surface area (TPSA) is 35.5 Å². The van der Waals surface area contributed by atoms with Crippen molar-refractivity contribution in [3.05, 3.63) is 29.8 Å². The van der Waals surface area contributed by atoms with Crippen LogP contribution in [0.3, 0.4) is 0 Å². The number of Topliss-reactive ketones (excluding diaryl/α,β-unsaturated/α-hetero) is 1. The van der Waals surface area contributed by atoms with Crippen molar-refractivity contribution >= 4 is 11.9 Å². The van der Waals surface area contributed by atoms with Crippen LogP contribution in [0.2, 0.25) is 0 Å². The standard InChI is InChI=1S/C23H34O3/c1-20(24)14-12-10-8-6-4-2-3-5-7-9-11-13-15-21-16-17-22-23(18-21)26-19-25-22/h13,15-18H,2-12,14,19H2,1H3. The van der Waals surface area contributed by atoms with Gasteiger partial charge in [0.25, 0.3) is 0 Å². The second-order valence-corrected chi connectivity index (χ2v) is 7.29. The molecule has 0 saturated carbocycles. The van der Waals surface area contributed by atoms with E-state index in [1.807, 2.05) is 12.1 Å². The van der Waals surface area contributed by atoms with Gasteiger partial charge in [0.15, 0.2) is 11.5 Å². The first-order valence-corrected chi connectivity index (χ1v) is 10.3. The largest absolute Gasteiger partial charge is 0.454 e. The second kappa shape index (κ2) is 12.6. The van der Waals surface area contributed by atoms with E-state index in [1.54, 1.807) is 6.92 Å². The van der Waals surface area contributed by atoms with Crippen LogP contribution in [0.15, 0.2) is 24.3 Å². The summed E-state index contributed by atoms with van der Waals surface area (Å²) in [6, 6.07) is 6.09. The van der Waals surface area contributed by atoms with Gasteiger partial charge in [-0.05, 0) is 43.9 Å². The lowest BCUT2D eigenvalue weighted by Crippen LogP contribution is -1.92. The fraction of sp³-hybridized carbons (Fsp3) is 0.609. The highest BCUT2D eigenvalue weighted by molar-refractivity contribution is 5.75. The first kappa shape index (κ1) is 20.5. The number of unbranched alkanes of at least 4 members (excludes halogenated alkanes) is 10. The number of carbonyl (C=O) groups excluding carboxylic acids is 1. The Balaban J connectivity index is 1.39. The predicted octanol–water partition coefficient (Wildman–Crippen LogP) is 6.70. The third kappa shape index (κ3) is 8.55. The van der Waals surface area contributed by atoms with Gasteiger partial charge in [-0.3, -0.25) is 0 Å². The van der Waals surface area contributed by atoms with Crippen molar-refractivity contribution in [3.8, 4) is 11.5 Å². The van der Waals surface area contributed by atoms with Crippen LogP contribution in [0.1, 0.15) is 89.5 Å². The molecule has 0 fully saturated rings. The predicted molar refractivity (Wildman–Crippen MR) is 108 cm³/mol. The Morgan fingerprint density at radius 2 is 1.50 bits per heavy atom. The maximum atomic E-state index is 10.8. The molecule has 0 radical (unpaired) electrons. The Bertz CT molecular complexity index is 563. The van der Waals surface area contributed by atoms with E-state index >= 15 is 0 Å². The van der Waals surface area contributed by atoms with Crippen LogP contribution in [0.5, 0.6) is 11.5 Å². The van der Waals surface area contributed by atoms with Gasteiger partial charge >= 0.3 is 0 Å². The summed E-state index contributed by atoms with van der Waals surface area (Å²) < 4.78 is 10.7. The molecule has 0 atom stereocenters. The zero-order valence-corrected chi connectivity index (χ0v) is 16.3. The molecule has 0 unspecified atom stereocenters. The van der Waals surface area contributed by atoms with E-state index in [4.69, 9.17) is 9.47 Å². The van der Waals surface area contributed by atoms with Crippen LogP contribution in [0.4, 0.5) is 0 Å². The molecule has 0 saturated heterocycles. The molecule has 144 valence electrons. The number of hydrogen-bond acceptors (Lipinski definition) is 3. The number of allylic oxidation sites excluding steroid dienone is 1. The molecule has 0 N–H and O–H groups in total. The lowest BCUT2D eigenvalue weighted by molar-refractivity contribution is -0.117. The van der Waals surface area contributed by atoms with E-state index in [0.717, 1.165) is 30.8 Å². The van der Waals surface area contributed by atoms with E-state index < -0.39 is 0 Å². The Morgan fingerprint density at radius 3 is 2.19 bits per heavy atom. The Morgan fingerprint density at radius 1 is 0.885 bits per heavy atom. The highest BCUT2D eigenvalue weighted by atomic mass is 16.7. The molecule has 1 aromatic rings. The summed E-state index contributed by atoms with van der Waals surface area (Å²) in [7, 11) is 0. The van der Waals surface area contributed by atoms with Crippen LogP contribution in [0, 0.1) is 0 Å². The van der Waals surface area contributed by atoms with Gasteiger partial charge in [-0.25, -0.2) is 0 Å². The number of fused-ring (bicyclic) bond motifs is 1. The van der Waals surface area contributed by atoms with Gasteiger partial charge in [-0.2, -0.15) is 0 Å². The molecule has 0 aromatic heterocycles. The fourth-order valence-electron chi connectivity index (χ4n) is 3.29. The highest BCUT2D eigenvalue weighted by Crippen LogP contribution is 2.32. The molecule has 3 heteroatoms. The van der Waals surface area contributed by atoms with E-state index in [2.05, 4.69) is 18.2 Å². The van der Waals surface area contributed by atoms with Crippen molar-refractivity contribution in [2.75, 3.05) is 6.79 Å². The highest BCUT2D eigenvalue weighted by Gasteiger charge is 2.11. The molecule has 0 amide bonds. The van der Waals surface area contributed by atoms with Crippen LogP contribution >= 0.6 is 0 Å². The quantitative estimate of drug-likeness (QED) is 0.347. The van der Waals surface area contributed by atoms with Gasteiger partial charge in [-0.1, -0.05) is 69.6 Å². The smallest absolute Gasteiger partial charge is 0.231 e. The van der Waals surface area contributed by atoms with Gasteiger partial charge in [0, 0.05) is 6.42 Å². The Hall–Kier alpha value is -1.77. The van der Waals surface area contributed by atoms with Crippen molar-refractivity contribution in [1.29, 1.82) is 0 Å². The van der Waals surface area contributed by atoms with Crippen LogP contribution in [-0.4, -0.2) is 12.6 Å². The van der Waals surface area contributed by atoms with Crippen LogP contribution in [0.25, 0.3) is 6.08 Å². The molecular weight excluding hydrogens is 324 g/mol. The van der Waals surface area contributed by atoms with Gasteiger partial charge in [0.05, 0.1) is 0 Å². The molecule has 0 spiro atoms. The summed E-state index contributed by atoms with van der Waals surface area (Å²) in [5.41, 5.74) is 1.18. The first-order valence-electron chi connectivity index (χ1n) is 10.3. The molecule has 3 nitrogen and oxygen atoms in total. The van der Waals surface area contributed by atoms with Gasteiger partial charge in [-0.15, -0.1) is 0 Å². The molecule has 1 aromatic carbocycles. The fourth-order valence-corrected chi connectivity index (χ4v) is 3.29. The average molecular weight is 359 g/mol. The van der Waals surface area contributed by atoms with Gasteiger partial charge in [0.1, 0.15) is 5.78 Å². The van der Waals surface area contributed by atoms with E-state index in [-0.39, 0.29) is 0 Å². The third-order valence-electron chi connectivity index (χ3n) is 4.86. The summed E-state index contributed by atoms with van der Waals surface area (Å²) in [4.78, 5) is 10.8. The average Bonchev–Trinajstić information content (AvgIpc) is 3.09. The molecule has 0 bridgehead atoms. The van der Waals surface area contributed by atoms with Crippen molar-refractivity contribution in [2.45, 2.75) is 84.0 Å². The summed E-state index contributed by atoms with van der Waals surface area (Å²) in [5, 5.41) is 0. The van der Waals surface area contributed by atoms with Gasteiger partial charge < -0.3 is 14.3 Å². The number of ketones is 1. The van der Waals surface area contributed by atoms with Crippen molar-refractivity contribution in [1.82, 2.24) is 0 Å². The van der Waals surface area contributed by atoms with Crippen molar-refractivity contribution in [3.63, 3.8) is 0 Å². The zero-order chi connectivity index (χ0) is 18.5. The molecule has 26 heavy (non-hydrogen) atoms. The van der Waals surface area contributed by atoms with E-state index in [9.17, 15) is 4.79 Å². The summed E-state index contributed by atoms with van der Waals surface area (Å²) in [6.07, 6.45) is 19.3. The van der Waals surface area contributed by atoms with Crippen molar-refractivity contribution in [2.24, 2.45) is 0 Å². The minimum Gasteiger partial charge on any atom is -0.454 e. The summed E-state index contributed by atoms with van der Waals surface area (Å²) in [6.45, 7) is 2.02. The SMILES string of the molecule is CC(=O)CCCCCCCCCCCCC=Cc1ccc2c(c1)OCO2. The Kier molecular flexibility index (Phi) is 9.92. The van der Waals surface area contributed by atoms with E-state index in [1.165, 1.54) is 63.4 Å².